The van der Waals surface area contributed by atoms with Crippen LogP contribution in [-0.2, 0) is 6.54 Å². The maximum Gasteiger partial charge on any atom is 0.268 e. The number of hydrogen-bond acceptors (Lipinski definition) is 4. The highest BCUT2D eigenvalue weighted by Crippen LogP contribution is 2.15. The second-order valence-electron chi connectivity index (χ2n) is 4.93. The van der Waals surface area contributed by atoms with E-state index in [4.69, 9.17) is 0 Å². The van der Waals surface area contributed by atoms with Gasteiger partial charge in [0, 0.05) is 7.05 Å². The topological polar surface area (TPSA) is 66.1 Å². The highest BCUT2D eigenvalue weighted by Gasteiger charge is 2.18. The SMILES string of the molecule is CN(Cc1nc2ccsc2c(=O)[nH]1)C(=O)c1cc(F)ccc1F. The van der Waals surface area contributed by atoms with Crippen molar-refractivity contribution in [2.45, 2.75) is 6.54 Å². The molecule has 3 aromatic rings. The van der Waals surface area contributed by atoms with Crippen LogP contribution in [0, 0.1) is 11.6 Å². The van der Waals surface area contributed by atoms with Gasteiger partial charge in [-0.15, -0.1) is 11.3 Å². The van der Waals surface area contributed by atoms with Crippen molar-refractivity contribution in [1.82, 2.24) is 14.9 Å². The molecule has 2 heterocycles. The van der Waals surface area contributed by atoms with E-state index in [1.54, 1.807) is 11.4 Å². The van der Waals surface area contributed by atoms with Crippen molar-refractivity contribution in [2.75, 3.05) is 7.05 Å². The zero-order chi connectivity index (χ0) is 16.6. The fourth-order valence-electron chi connectivity index (χ4n) is 2.16. The quantitative estimate of drug-likeness (QED) is 0.800. The molecular weight excluding hydrogens is 324 g/mol. The average Bonchev–Trinajstić information content (AvgIpc) is 2.98. The third kappa shape index (κ3) is 2.98. The van der Waals surface area contributed by atoms with Crippen LogP contribution in [0.3, 0.4) is 0 Å². The summed E-state index contributed by atoms with van der Waals surface area (Å²) in [5.41, 5.74) is -0.129. The Morgan fingerprint density at radius 3 is 2.91 bits per heavy atom. The summed E-state index contributed by atoms with van der Waals surface area (Å²) in [6.07, 6.45) is 0. The summed E-state index contributed by atoms with van der Waals surface area (Å²) >= 11 is 1.27. The Morgan fingerprint density at radius 1 is 1.35 bits per heavy atom. The summed E-state index contributed by atoms with van der Waals surface area (Å²) in [6.45, 7) is -0.0319. The molecule has 0 bridgehead atoms. The molecule has 2 aromatic heterocycles. The van der Waals surface area contributed by atoms with Gasteiger partial charge < -0.3 is 9.88 Å². The van der Waals surface area contributed by atoms with E-state index in [-0.39, 0.29) is 23.5 Å². The van der Waals surface area contributed by atoms with Gasteiger partial charge in [-0.25, -0.2) is 13.8 Å². The number of amides is 1. The molecule has 0 aliphatic heterocycles. The number of nitrogens with zero attached hydrogens (tertiary/aromatic N) is 2. The summed E-state index contributed by atoms with van der Waals surface area (Å²) in [5.74, 6) is -1.93. The lowest BCUT2D eigenvalue weighted by Crippen LogP contribution is -2.29. The van der Waals surface area contributed by atoms with Crippen molar-refractivity contribution in [2.24, 2.45) is 0 Å². The van der Waals surface area contributed by atoms with Gasteiger partial charge in [0.25, 0.3) is 11.5 Å². The molecule has 0 fully saturated rings. The average molecular weight is 335 g/mol. The lowest BCUT2D eigenvalue weighted by molar-refractivity contribution is 0.0776. The van der Waals surface area contributed by atoms with Crippen molar-refractivity contribution in [1.29, 1.82) is 0 Å². The van der Waals surface area contributed by atoms with Crippen molar-refractivity contribution in [3.63, 3.8) is 0 Å². The number of hydrogen-bond donors (Lipinski definition) is 1. The number of thiophene rings is 1. The molecule has 0 saturated heterocycles. The van der Waals surface area contributed by atoms with Gasteiger partial charge in [-0.3, -0.25) is 9.59 Å². The molecule has 0 atom stereocenters. The number of carbonyl (C=O) groups excluding carboxylic acids is 1. The standard InChI is InChI=1S/C15H11F2N3O2S/c1-20(15(22)9-6-8(16)2-3-10(9)17)7-12-18-11-4-5-23-13(11)14(21)19-12/h2-6H,7H2,1H3,(H,18,19,21). The van der Waals surface area contributed by atoms with Gasteiger partial charge in [0.15, 0.2) is 0 Å². The molecule has 0 unspecified atom stereocenters. The van der Waals surface area contributed by atoms with Gasteiger partial charge in [0.05, 0.1) is 17.6 Å². The van der Waals surface area contributed by atoms with E-state index < -0.39 is 17.5 Å². The third-order valence-electron chi connectivity index (χ3n) is 3.26. The number of carbonyl (C=O) groups is 1. The van der Waals surface area contributed by atoms with E-state index in [9.17, 15) is 18.4 Å². The molecule has 0 aliphatic rings. The first kappa shape index (κ1) is 15.3. The third-order valence-corrected chi connectivity index (χ3v) is 4.16. The normalized spacial score (nSPS) is 10.9. The van der Waals surface area contributed by atoms with Crippen LogP contribution >= 0.6 is 11.3 Å². The predicted octanol–water partition coefficient (Wildman–Crippen LogP) is 2.54. The first-order chi connectivity index (χ1) is 11.0. The monoisotopic (exact) mass is 335 g/mol. The molecule has 1 aromatic carbocycles. The van der Waals surface area contributed by atoms with Crippen molar-refractivity contribution in [3.05, 3.63) is 63.0 Å². The van der Waals surface area contributed by atoms with E-state index >= 15 is 0 Å². The van der Waals surface area contributed by atoms with Crippen LogP contribution < -0.4 is 5.56 Å². The zero-order valence-corrected chi connectivity index (χ0v) is 12.8. The molecule has 8 heteroatoms. The number of nitrogens with one attached hydrogen (secondary N) is 1. The van der Waals surface area contributed by atoms with E-state index in [2.05, 4.69) is 9.97 Å². The number of H-pyrrole nitrogens is 1. The summed E-state index contributed by atoms with van der Waals surface area (Å²) in [4.78, 5) is 32.1. The Hall–Kier alpha value is -2.61. The van der Waals surface area contributed by atoms with Gasteiger partial charge in [-0.2, -0.15) is 0 Å². The van der Waals surface area contributed by atoms with Crippen LogP contribution in [0.25, 0.3) is 10.2 Å². The summed E-state index contributed by atoms with van der Waals surface area (Å²) in [7, 11) is 1.42. The summed E-state index contributed by atoms with van der Waals surface area (Å²) in [5, 5.41) is 1.74. The second kappa shape index (κ2) is 5.88. The van der Waals surface area contributed by atoms with Crippen LogP contribution in [0.1, 0.15) is 16.2 Å². The molecule has 1 N–H and O–H groups in total. The van der Waals surface area contributed by atoms with Gasteiger partial charge in [-0.1, -0.05) is 0 Å². The van der Waals surface area contributed by atoms with Crippen LogP contribution in [-0.4, -0.2) is 27.8 Å². The maximum atomic E-state index is 13.7. The van der Waals surface area contributed by atoms with E-state index in [1.165, 1.54) is 18.4 Å². The van der Waals surface area contributed by atoms with E-state index in [1.807, 2.05) is 0 Å². The molecule has 118 valence electrons. The molecule has 0 aliphatic carbocycles. The van der Waals surface area contributed by atoms with Crippen molar-refractivity contribution < 1.29 is 13.6 Å². The van der Waals surface area contributed by atoms with Crippen molar-refractivity contribution in [3.8, 4) is 0 Å². The van der Waals surface area contributed by atoms with Gasteiger partial charge in [-0.05, 0) is 29.6 Å². The number of aromatic amines is 1. The van der Waals surface area contributed by atoms with Crippen LogP contribution in [0.2, 0.25) is 0 Å². The van der Waals surface area contributed by atoms with Crippen LogP contribution in [0.15, 0.2) is 34.4 Å². The first-order valence-corrected chi connectivity index (χ1v) is 7.50. The molecule has 0 radical (unpaired) electrons. The summed E-state index contributed by atoms with van der Waals surface area (Å²) < 4.78 is 27.4. The van der Waals surface area contributed by atoms with Gasteiger partial charge in [0.1, 0.15) is 22.2 Å². The largest absolute Gasteiger partial charge is 0.334 e. The highest BCUT2D eigenvalue weighted by atomic mass is 32.1. The molecule has 5 nitrogen and oxygen atoms in total. The minimum absolute atomic E-state index is 0.0319. The molecule has 1 amide bonds. The Morgan fingerprint density at radius 2 is 2.13 bits per heavy atom. The van der Waals surface area contributed by atoms with Crippen LogP contribution in [0.4, 0.5) is 8.78 Å². The van der Waals surface area contributed by atoms with Gasteiger partial charge in [0.2, 0.25) is 0 Å². The Kier molecular flexibility index (Phi) is 3.91. The second-order valence-corrected chi connectivity index (χ2v) is 5.85. The molecule has 23 heavy (non-hydrogen) atoms. The highest BCUT2D eigenvalue weighted by molar-refractivity contribution is 7.17. The Balaban J connectivity index is 1.87. The lowest BCUT2D eigenvalue weighted by Gasteiger charge is -2.17. The molecule has 3 rings (SSSR count). The first-order valence-electron chi connectivity index (χ1n) is 6.62. The smallest absolute Gasteiger partial charge is 0.268 e. The molecule has 0 saturated carbocycles. The number of fused-ring (bicyclic) bond motifs is 1. The minimum atomic E-state index is -0.807. The fourth-order valence-corrected chi connectivity index (χ4v) is 2.89. The fraction of sp³-hybridized carbons (Fsp3) is 0.133. The van der Waals surface area contributed by atoms with Crippen molar-refractivity contribution >= 4 is 27.5 Å². The maximum absolute atomic E-state index is 13.7. The van der Waals surface area contributed by atoms with Crippen LogP contribution in [0.5, 0.6) is 0 Å². The minimum Gasteiger partial charge on any atom is -0.334 e. The van der Waals surface area contributed by atoms with Gasteiger partial charge >= 0.3 is 0 Å². The lowest BCUT2D eigenvalue weighted by atomic mass is 10.2. The number of rotatable bonds is 3. The number of halogens is 2. The number of benzene rings is 1. The van der Waals surface area contributed by atoms with E-state index in [0.717, 1.165) is 23.1 Å². The zero-order valence-electron chi connectivity index (χ0n) is 12.0. The molecule has 0 spiro atoms. The summed E-state index contributed by atoms with van der Waals surface area (Å²) in [6, 6.07) is 4.38. The number of aromatic nitrogens is 2. The molecular formula is C15H11F2N3O2S. The Labute approximate surface area is 133 Å². The predicted molar refractivity (Wildman–Crippen MR) is 82.4 cm³/mol. The Bertz CT molecular complexity index is 951. The van der Waals surface area contributed by atoms with E-state index in [0.29, 0.717) is 10.2 Å².